The summed E-state index contributed by atoms with van der Waals surface area (Å²) in [4.78, 5) is 12.9. The molecule has 0 N–H and O–H groups in total. The number of aromatic nitrogens is 2. The van der Waals surface area contributed by atoms with Crippen LogP contribution >= 0.6 is 0 Å². The van der Waals surface area contributed by atoms with E-state index in [4.69, 9.17) is 4.74 Å². The van der Waals surface area contributed by atoms with Crippen molar-refractivity contribution >= 4 is 5.91 Å². The average Bonchev–Trinajstić information content (AvgIpc) is 2.95. The van der Waals surface area contributed by atoms with Crippen molar-refractivity contribution in [3.63, 3.8) is 0 Å². The summed E-state index contributed by atoms with van der Waals surface area (Å²) >= 11 is 0. The Kier molecular flexibility index (Phi) is 5.75. The van der Waals surface area contributed by atoms with Gasteiger partial charge in [0, 0.05) is 23.2 Å². The molecule has 4 nitrogen and oxygen atoms in total. The van der Waals surface area contributed by atoms with Crippen LogP contribution in [0.1, 0.15) is 46.7 Å². The highest BCUT2D eigenvalue weighted by Gasteiger charge is 2.18. The number of ether oxygens (including phenoxy) is 1. The van der Waals surface area contributed by atoms with Crippen molar-refractivity contribution in [2.75, 3.05) is 6.61 Å². The van der Waals surface area contributed by atoms with Crippen LogP contribution in [-0.4, -0.2) is 22.3 Å². The molecule has 4 heteroatoms. The van der Waals surface area contributed by atoms with Crippen molar-refractivity contribution in [3.05, 3.63) is 82.7 Å². The Morgan fingerprint density at radius 3 is 2.33 bits per heavy atom. The van der Waals surface area contributed by atoms with Crippen molar-refractivity contribution in [3.8, 4) is 5.75 Å². The maximum atomic E-state index is 12.9. The third kappa shape index (κ3) is 4.45. The number of nitrogens with zero attached hydrogens (tertiary/aromatic N) is 2. The highest BCUT2D eigenvalue weighted by molar-refractivity contribution is 5.96. The van der Waals surface area contributed by atoms with Gasteiger partial charge in [0.15, 0.2) is 0 Å². The number of carbonyl (C=O) groups excluding carboxylic acids is 1. The van der Waals surface area contributed by atoms with Gasteiger partial charge in [0.05, 0.1) is 12.3 Å². The normalized spacial score (nSPS) is 11.0. The molecular formula is C23H26N2O2. The standard InChI is InChI=1S/C23H26N2O2/c1-16(2)15-27-21-12-10-20(11-13-21)23(26)25-18(4)22(17(3)24-25)14-19-8-6-5-7-9-19/h5-13,16H,14-15H2,1-4H3. The number of benzene rings is 2. The zero-order chi connectivity index (χ0) is 19.4. The van der Waals surface area contributed by atoms with E-state index in [1.54, 1.807) is 12.1 Å². The highest BCUT2D eigenvalue weighted by Crippen LogP contribution is 2.20. The summed E-state index contributed by atoms with van der Waals surface area (Å²) < 4.78 is 7.20. The Bertz CT molecular complexity index is 910. The summed E-state index contributed by atoms with van der Waals surface area (Å²) in [6, 6.07) is 17.5. The predicted octanol–water partition coefficient (Wildman–Crippen LogP) is 4.81. The van der Waals surface area contributed by atoms with Crippen molar-refractivity contribution in [1.82, 2.24) is 9.78 Å². The van der Waals surface area contributed by atoms with Crippen LogP contribution in [0, 0.1) is 19.8 Å². The maximum Gasteiger partial charge on any atom is 0.278 e. The molecule has 0 spiro atoms. The zero-order valence-electron chi connectivity index (χ0n) is 16.4. The largest absolute Gasteiger partial charge is 0.493 e. The summed E-state index contributed by atoms with van der Waals surface area (Å²) in [5.74, 6) is 1.12. The fourth-order valence-corrected chi connectivity index (χ4v) is 3.01. The maximum absolute atomic E-state index is 12.9. The van der Waals surface area contributed by atoms with Crippen molar-refractivity contribution in [2.24, 2.45) is 5.92 Å². The van der Waals surface area contributed by atoms with Crippen LogP contribution in [0.25, 0.3) is 0 Å². The molecule has 0 saturated carbocycles. The second-order valence-corrected chi connectivity index (χ2v) is 7.26. The number of hydrogen-bond acceptors (Lipinski definition) is 3. The zero-order valence-corrected chi connectivity index (χ0v) is 16.4. The fourth-order valence-electron chi connectivity index (χ4n) is 3.01. The third-order valence-electron chi connectivity index (χ3n) is 4.54. The van der Waals surface area contributed by atoms with E-state index >= 15 is 0 Å². The lowest BCUT2D eigenvalue weighted by atomic mass is 10.0. The van der Waals surface area contributed by atoms with Gasteiger partial charge in [-0.05, 0) is 49.6 Å². The average molecular weight is 362 g/mol. The van der Waals surface area contributed by atoms with Crippen LogP contribution in [0.4, 0.5) is 0 Å². The minimum absolute atomic E-state index is 0.120. The molecule has 0 aliphatic carbocycles. The monoisotopic (exact) mass is 362 g/mol. The first kappa shape index (κ1) is 18.9. The Labute approximate surface area is 160 Å². The molecule has 0 aliphatic heterocycles. The molecule has 27 heavy (non-hydrogen) atoms. The second kappa shape index (κ2) is 8.21. The van der Waals surface area contributed by atoms with Gasteiger partial charge in [0.1, 0.15) is 5.75 Å². The van der Waals surface area contributed by atoms with E-state index in [1.807, 2.05) is 44.2 Å². The molecule has 1 aromatic heterocycles. The van der Waals surface area contributed by atoms with Gasteiger partial charge in [-0.1, -0.05) is 44.2 Å². The van der Waals surface area contributed by atoms with Gasteiger partial charge < -0.3 is 4.74 Å². The smallest absolute Gasteiger partial charge is 0.278 e. The molecule has 0 amide bonds. The van der Waals surface area contributed by atoms with Crippen molar-refractivity contribution in [1.29, 1.82) is 0 Å². The number of hydrogen-bond donors (Lipinski definition) is 0. The van der Waals surface area contributed by atoms with Crippen LogP contribution < -0.4 is 4.74 Å². The van der Waals surface area contributed by atoms with Gasteiger partial charge in [-0.15, -0.1) is 0 Å². The molecule has 0 aliphatic rings. The quantitative estimate of drug-likeness (QED) is 0.632. The molecule has 140 valence electrons. The Hall–Kier alpha value is -2.88. The highest BCUT2D eigenvalue weighted by atomic mass is 16.5. The van der Waals surface area contributed by atoms with E-state index in [1.165, 1.54) is 10.2 Å². The van der Waals surface area contributed by atoms with E-state index in [0.717, 1.165) is 29.1 Å². The number of carbonyl (C=O) groups is 1. The Morgan fingerprint density at radius 2 is 1.70 bits per heavy atom. The first-order valence-electron chi connectivity index (χ1n) is 9.32. The molecule has 0 atom stereocenters. The van der Waals surface area contributed by atoms with Crippen LogP contribution in [0.3, 0.4) is 0 Å². The van der Waals surface area contributed by atoms with Gasteiger partial charge in [-0.2, -0.15) is 5.10 Å². The molecule has 0 saturated heterocycles. The van der Waals surface area contributed by atoms with Crippen LogP contribution in [-0.2, 0) is 6.42 Å². The van der Waals surface area contributed by atoms with E-state index in [2.05, 4.69) is 31.1 Å². The van der Waals surface area contributed by atoms with E-state index < -0.39 is 0 Å². The van der Waals surface area contributed by atoms with Gasteiger partial charge >= 0.3 is 0 Å². The molecule has 0 radical (unpaired) electrons. The molecule has 3 rings (SSSR count). The lowest BCUT2D eigenvalue weighted by Gasteiger charge is -2.09. The molecule has 0 fully saturated rings. The molecule has 3 aromatic rings. The number of aryl methyl sites for hydroxylation is 1. The fraction of sp³-hybridized carbons (Fsp3) is 0.304. The SMILES string of the molecule is Cc1nn(C(=O)c2ccc(OCC(C)C)cc2)c(C)c1Cc1ccccc1. The molecule has 0 bridgehead atoms. The molecular weight excluding hydrogens is 336 g/mol. The Balaban J connectivity index is 1.80. The van der Waals surface area contributed by atoms with E-state index in [9.17, 15) is 4.79 Å². The van der Waals surface area contributed by atoms with Crippen molar-refractivity contribution in [2.45, 2.75) is 34.1 Å². The lowest BCUT2D eigenvalue weighted by molar-refractivity contribution is 0.0942. The molecule has 2 aromatic carbocycles. The summed E-state index contributed by atoms with van der Waals surface area (Å²) in [7, 11) is 0. The molecule has 0 unspecified atom stereocenters. The van der Waals surface area contributed by atoms with E-state index in [-0.39, 0.29) is 5.91 Å². The third-order valence-corrected chi connectivity index (χ3v) is 4.54. The van der Waals surface area contributed by atoms with Crippen LogP contribution in [0.15, 0.2) is 54.6 Å². The summed E-state index contributed by atoms with van der Waals surface area (Å²) in [5, 5.41) is 4.50. The van der Waals surface area contributed by atoms with Gasteiger partial charge in [-0.25, -0.2) is 4.68 Å². The van der Waals surface area contributed by atoms with Gasteiger partial charge in [0.2, 0.25) is 0 Å². The first-order chi connectivity index (χ1) is 13.0. The number of rotatable bonds is 6. The summed E-state index contributed by atoms with van der Waals surface area (Å²) in [6.45, 7) is 8.78. The lowest BCUT2D eigenvalue weighted by Crippen LogP contribution is -2.15. The van der Waals surface area contributed by atoms with Gasteiger partial charge in [-0.3, -0.25) is 4.79 Å². The van der Waals surface area contributed by atoms with Crippen LogP contribution in [0.5, 0.6) is 5.75 Å². The second-order valence-electron chi connectivity index (χ2n) is 7.26. The first-order valence-corrected chi connectivity index (χ1v) is 9.32. The molecule has 1 heterocycles. The minimum Gasteiger partial charge on any atom is -0.493 e. The summed E-state index contributed by atoms with van der Waals surface area (Å²) in [6.07, 6.45) is 0.772. The summed E-state index contributed by atoms with van der Waals surface area (Å²) in [5.41, 5.74) is 4.70. The van der Waals surface area contributed by atoms with Gasteiger partial charge in [0.25, 0.3) is 5.91 Å². The Morgan fingerprint density at radius 1 is 1.04 bits per heavy atom. The predicted molar refractivity (Wildman–Crippen MR) is 107 cm³/mol. The van der Waals surface area contributed by atoms with Crippen LogP contribution in [0.2, 0.25) is 0 Å². The topological polar surface area (TPSA) is 44.1 Å². The van der Waals surface area contributed by atoms with E-state index in [0.29, 0.717) is 18.1 Å². The van der Waals surface area contributed by atoms with Crippen molar-refractivity contribution < 1.29 is 9.53 Å². The minimum atomic E-state index is -0.120.